The van der Waals surface area contributed by atoms with Crippen molar-refractivity contribution in [1.29, 1.82) is 0 Å². The van der Waals surface area contributed by atoms with Gasteiger partial charge in [0.25, 0.3) is 0 Å². The summed E-state index contributed by atoms with van der Waals surface area (Å²) >= 11 is 0. The van der Waals surface area contributed by atoms with E-state index in [1.54, 1.807) is 25.2 Å². The largest absolute Gasteiger partial charge is 0.371 e. The molecular weight excluding hydrogens is 193 g/mol. The first-order valence-electron chi connectivity index (χ1n) is 4.71. The Morgan fingerprint density at radius 3 is 2.67 bits per heavy atom. The summed E-state index contributed by atoms with van der Waals surface area (Å²) in [5.41, 5.74) is 2.18. The molecule has 4 heteroatoms. The van der Waals surface area contributed by atoms with Gasteiger partial charge in [-0.3, -0.25) is 5.10 Å². The molecule has 78 valence electrons. The van der Waals surface area contributed by atoms with Crippen LogP contribution in [0.1, 0.15) is 5.56 Å². The van der Waals surface area contributed by atoms with Crippen molar-refractivity contribution < 1.29 is 4.39 Å². The van der Waals surface area contributed by atoms with Crippen LogP contribution in [0.15, 0.2) is 24.3 Å². The first kappa shape index (κ1) is 9.71. The van der Waals surface area contributed by atoms with Crippen LogP contribution in [0.25, 0.3) is 11.3 Å². The molecule has 0 saturated heterocycles. The molecule has 0 aliphatic heterocycles. The third-order valence-corrected chi connectivity index (χ3v) is 2.39. The lowest BCUT2D eigenvalue weighted by atomic mass is 10.1. The zero-order valence-electron chi connectivity index (χ0n) is 8.63. The maximum atomic E-state index is 13.5. The standard InChI is InChI=1S/C11H12FN3/c1-7-10(14-15-11(7)13-2)8-5-3-4-6-9(8)12/h3-6H,1-2H3,(H2,13,14,15). The van der Waals surface area contributed by atoms with Crippen LogP contribution in [-0.4, -0.2) is 17.2 Å². The van der Waals surface area contributed by atoms with Gasteiger partial charge >= 0.3 is 0 Å². The van der Waals surface area contributed by atoms with E-state index < -0.39 is 0 Å². The molecule has 0 amide bonds. The molecule has 0 atom stereocenters. The van der Waals surface area contributed by atoms with Crippen molar-refractivity contribution in [2.24, 2.45) is 0 Å². The molecule has 0 bridgehead atoms. The van der Waals surface area contributed by atoms with E-state index in [0.717, 1.165) is 17.1 Å². The number of nitrogens with one attached hydrogen (secondary N) is 2. The summed E-state index contributed by atoms with van der Waals surface area (Å²) < 4.78 is 13.5. The Bertz CT molecular complexity index is 476. The molecule has 2 rings (SSSR count). The molecule has 3 nitrogen and oxygen atoms in total. The van der Waals surface area contributed by atoms with Gasteiger partial charge in [0, 0.05) is 18.2 Å². The number of anilines is 1. The average molecular weight is 205 g/mol. The zero-order chi connectivity index (χ0) is 10.8. The molecule has 2 N–H and O–H groups in total. The molecule has 0 saturated carbocycles. The number of hydrogen-bond acceptors (Lipinski definition) is 2. The summed E-state index contributed by atoms with van der Waals surface area (Å²) in [6, 6.07) is 6.64. The molecule has 1 aromatic carbocycles. The van der Waals surface area contributed by atoms with Gasteiger partial charge in [0.2, 0.25) is 0 Å². The highest BCUT2D eigenvalue weighted by molar-refractivity contribution is 5.68. The Kier molecular flexibility index (Phi) is 2.41. The van der Waals surface area contributed by atoms with Crippen LogP contribution < -0.4 is 5.32 Å². The van der Waals surface area contributed by atoms with Crippen molar-refractivity contribution in [3.05, 3.63) is 35.6 Å². The number of hydrogen-bond donors (Lipinski definition) is 2. The topological polar surface area (TPSA) is 40.7 Å². The van der Waals surface area contributed by atoms with Crippen LogP contribution in [0.2, 0.25) is 0 Å². The Morgan fingerprint density at radius 2 is 2.07 bits per heavy atom. The van der Waals surface area contributed by atoms with E-state index in [1.165, 1.54) is 6.07 Å². The first-order valence-corrected chi connectivity index (χ1v) is 4.71. The Morgan fingerprint density at radius 1 is 1.33 bits per heavy atom. The number of halogens is 1. The van der Waals surface area contributed by atoms with Crippen molar-refractivity contribution in [2.75, 3.05) is 12.4 Å². The third kappa shape index (κ3) is 1.58. The summed E-state index contributed by atoms with van der Waals surface area (Å²) in [5.74, 6) is 0.500. The van der Waals surface area contributed by atoms with Crippen molar-refractivity contribution in [3.63, 3.8) is 0 Å². The number of aromatic nitrogens is 2. The Balaban J connectivity index is 2.55. The van der Waals surface area contributed by atoms with E-state index in [2.05, 4.69) is 15.5 Å². The lowest BCUT2D eigenvalue weighted by molar-refractivity contribution is 0.630. The lowest BCUT2D eigenvalue weighted by Crippen LogP contribution is -1.90. The molecule has 15 heavy (non-hydrogen) atoms. The van der Waals surface area contributed by atoms with Crippen molar-refractivity contribution in [2.45, 2.75) is 6.92 Å². The second kappa shape index (κ2) is 3.73. The summed E-state index contributed by atoms with van der Waals surface area (Å²) in [5, 5.41) is 9.82. The summed E-state index contributed by atoms with van der Waals surface area (Å²) in [7, 11) is 1.79. The number of H-pyrrole nitrogens is 1. The molecule has 0 aliphatic carbocycles. The van der Waals surface area contributed by atoms with Gasteiger partial charge in [0.05, 0.1) is 5.69 Å². The van der Waals surface area contributed by atoms with Gasteiger partial charge in [-0.25, -0.2) is 4.39 Å². The minimum absolute atomic E-state index is 0.244. The predicted molar refractivity (Wildman–Crippen MR) is 58.3 cm³/mol. The van der Waals surface area contributed by atoms with Crippen LogP contribution in [-0.2, 0) is 0 Å². The van der Waals surface area contributed by atoms with Gasteiger partial charge in [-0.2, -0.15) is 5.10 Å². The van der Waals surface area contributed by atoms with E-state index in [4.69, 9.17) is 0 Å². The first-order chi connectivity index (χ1) is 7.24. The van der Waals surface area contributed by atoms with Gasteiger partial charge in [-0.15, -0.1) is 0 Å². The molecule has 0 aliphatic rings. The van der Waals surface area contributed by atoms with Crippen molar-refractivity contribution in [3.8, 4) is 11.3 Å². The van der Waals surface area contributed by atoms with Gasteiger partial charge in [-0.05, 0) is 19.1 Å². The van der Waals surface area contributed by atoms with E-state index >= 15 is 0 Å². The van der Waals surface area contributed by atoms with Crippen LogP contribution in [0.5, 0.6) is 0 Å². The predicted octanol–water partition coefficient (Wildman–Crippen LogP) is 2.57. The second-order valence-electron chi connectivity index (χ2n) is 3.30. The maximum Gasteiger partial charge on any atom is 0.151 e. The SMILES string of the molecule is CNc1n[nH]c(-c2ccccc2F)c1C. The molecule has 0 spiro atoms. The van der Waals surface area contributed by atoms with Crippen LogP contribution in [0.4, 0.5) is 10.2 Å². The van der Waals surface area contributed by atoms with Gasteiger partial charge in [0.1, 0.15) is 5.82 Å². The van der Waals surface area contributed by atoms with Crippen molar-refractivity contribution in [1.82, 2.24) is 10.2 Å². The molecule has 0 radical (unpaired) electrons. The number of aromatic amines is 1. The van der Waals surface area contributed by atoms with E-state index in [1.807, 2.05) is 6.92 Å². The summed E-state index contributed by atoms with van der Waals surface area (Å²) in [4.78, 5) is 0. The van der Waals surface area contributed by atoms with Gasteiger partial charge in [-0.1, -0.05) is 12.1 Å². The normalized spacial score (nSPS) is 10.3. The molecule has 1 heterocycles. The number of benzene rings is 1. The lowest BCUT2D eigenvalue weighted by Gasteiger charge is -2.01. The minimum Gasteiger partial charge on any atom is -0.371 e. The van der Waals surface area contributed by atoms with E-state index in [-0.39, 0.29) is 5.82 Å². The van der Waals surface area contributed by atoms with Crippen LogP contribution in [0.3, 0.4) is 0 Å². The molecule has 0 fully saturated rings. The number of rotatable bonds is 2. The Labute approximate surface area is 87.3 Å². The fourth-order valence-electron chi connectivity index (χ4n) is 1.57. The monoisotopic (exact) mass is 205 g/mol. The molecule has 0 unspecified atom stereocenters. The van der Waals surface area contributed by atoms with Crippen LogP contribution in [0, 0.1) is 12.7 Å². The van der Waals surface area contributed by atoms with Gasteiger partial charge in [0.15, 0.2) is 5.82 Å². The second-order valence-corrected chi connectivity index (χ2v) is 3.30. The zero-order valence-corrected chi connectivity index (χ0v) is 8.63. The van der Waals surface area contributed by atoms with Crippen molar-refractivity contribution >= 4 is 5.82 Å². The Hall–Kier alpha value is -1.84. The minimum atomic E-state index is -0.244. The van der Waals surface area contributed by atoms with Gasteiger partial charge < -0.3 is 5.32 Å². The van der Waals surface area contributed by atoms with E-state index in [9.17, 15) is 4.39 Å². The van der Waals surface area contributed by atoms with Crippen LogP contribution >= 0.6 is 0 Å². The quantitative estimate of drug-likeness (QED) is 0.791. The summed E-state index contributed by atoms with van der Waals surface area (Å²) in [6.07, 6.45) is 0. The highest BCUT2D eigenvalue weighted by Gasteiger charge is 2.12. The average Bonchev–Trinajstić information content (AvgIpc) is 2.60. The summed E-state index contributed by atoms with van der Waals surface area (Å²) in [6.45, 7) is 1.90. The fourth-order valence-corrected chi connectivity index (χ4v) is 1.57. The highest BCUT2D eigenvalue weighted by atomic mass is 19.1. The molecule has 1 aromatic heterocycles. The molecule has 2 aromatic rings. The number of nitrogens with zero attached hydrogens (tertiary/aromatic N) is 1. The fraction of sp³-hybridized carbons (Fsp3) is 0.182. The smallest absolute Gasteiger partial charge is 0.151 e. The highest BCUT2D eigenvalue weighted by Crippen LogP contribution is 2.27. The third-order valence-electron chi connectivity index (χ3n) is 2.39. The molecular formula is C11H12FN3. The van der Waals surface area contributed by atoms with E-state index in [0.29, 0.717) is 5.56 Å². The maximum absolute atomic E-state index is 13.5.